The summed E-state index contributed by atoms with van der Waals surface area (Å²) in [5.41, 5.74) is 2.07. The molecule has 0 amide bonds. The first-order valence-electron chi connectivity index (χ1n) is 5.24. The third-order valence-corrected chi connectivity index (χ3v) is 2.29. The maximum Gasteiger partial charge on any atom is 0.0407 e. The fraction of sp³-hybridized carbons (Fsp3) is 0.0714. The fourth-order valence-electron chi connectivity index (χ4n) is 1.53. The predicted octanol–water partition coefficient (Wildman–Crippen LogP) is 3.09. The molecule has 1 N–H and O–H groups in total. The van der Waals surface area contributed by atoms with Crippen molar-refractivity contribution in [3.8, 4) is 0 Å². The Kier molecular flexibility index (Phi) is 4.31. The van der Waals surface area contributed by atoms with E-state index in [-0.39, 0.29) is 0 Å². The Balaban J connectivity index is 0.00000144. The van der Waals surface area contributed by atoms with Gasteiger partial charge in [-0.2, -0.15) is 17.7 Å². The molecular weight excluding hydrogens is 465 g/mol. The van der Waals surface area contributed by atoms with E-state index in [0.717, 1.165) is 11.1 Å². The normalized spacial score (nSPS) is 9.76. The van der Waals surface area contributed by atoms with E-state index in [1.807, 2.05) is 60.7 Å². The topological polar surface area (TPSA) is 23.5 Å². The first kappa shape index (κ1) is 12.3. The Labute approximate surface area is 95.7 Å². The zero-order valence-corrected chi connectivity index (χ0v) is 16.1. The Morgan fingerprint density at radius 2 is 1.41 bits per heavy atom. The second-order valence-corrected chi connectivity index (χ2v) is 3.62. The largest absolute Gasteiger partial charge is 0.321 e. The van der Waals surface area contributed by atoms with Gasteiger partial charge in [0, 0.05) is 6.54 Å². The summed E-state index contributed by atoms with van der Waals surface area (Å²) in [7, 11) is 0. The molecule has 2 nitrogen and oxygen atoms in total. The molecule has 0 aliphatic heterocycles. The van der Waals surface area contributed by atoms with E-state index in [2.05, 4.69) is 0 Å². The number of rotatable bonds is 4. The third-order valence-electron chi connectivity index (χ3n) is 2.29. The molecule has 2 aromatic carbocycles. The fourth-order valence-corrected chi connectivity index (χ4v) is 1.53. The summed E-state index contributed by atoms with van der Waals surface area (Å²) in [4.78, 5) is 0. The molecule has 0 unspecified atom stereocenters. The molecule has 0 radical (unpaired) electrons. The molecule has 0 atom stereocenters. The van der Waals surface area contributed by atoms with Crippen molar-refractivity contribution >= 4 is 0 Å². The maximum atomic E-state index is 9.73. The van der Waals surface area contributed by atoms with Crippen molar-refractivity contribution in [3.63, 3.8) is 0 Å². The van der Waals surface area contributed by atoms with Crippen molar-refractivity contribution < 1.29 is 5.21 Å². The van der Waals surface area contributed by atoms with Gasteiger partial charge in [-0.25, -0.2) is 5.06 Å². The van der Waals surface area contributed by atoms with E-state index in [4.69, 9.17) is 0 Å². The molecule has 0 fully saturated rings. The van der Waals surface area contributed by atoms with E-state index in [1.165, 1.54) is 5.06 Å². The average Bonchev–Trinajstić information content (AvgIpc) is 2.31. The van der Waals surface area contributed by atoms with Gasteiger partial charge in [-0.15, -0.1) is 12.1 Å². The van der Waals surface area contributed by atoms with Gasteiger partial charge in [0.15, 0.2) is 0 Å². The van der Waals surface area contributed by atoms with Gasteiger partial charge in [0.05, 0.1) is 0 Å². The molecule has 2 aromatic rings. The van der Waals surface area contributed by atoms with Gasteiger partial charge >= 0.3 is 0 Å². The van der Waals surface area contributed by atoms with E-state index >= 15 is 0 Å². The van der Waals surface area contributed by atoms with Crippen LogP contribution in [-0.4, -0.2) is 10.3 Å². The van der Waals surface area contributed by atoms with Gasteiger partial charge in [-0.3, -0.25) is 0 Å². The minimum Gasteiger partial charge on any atom is -0.321 e. The molecule has 0 bridgehead atoms. The summed E-state index contributed by atoms with van der Waals surface area (Å²) < 4.78 is 0. The average molecular weight is 479 g/mol. The van der Waals surface area contributed by atoms with Crippen LogP contribution in [0.2, 0.25) is 0 Å². The van der Waals surface area contributed by atoms with Gasteiger partial charge < -0.3 is 5.21 Å². The van der Waals surface area contributed by atoms with Crippen LogP contribution in [0.4, 0.5) is 0 Å². The zero-order chi connectivity index (χ0) is 11.2. The van der Waals surface area contributed by atoms with E-state index in [0.29, 0.717) is 6.54 Å². The van der Waals surface area contributed by atoms with Crippen LogP contribution in [0.15, 0.2) is 60.7 Å². The van der Waals surface area contributed by atoms with Crippen LogP contribution in [0.3, 0.4) is 0 Å². The molecule has 2 rings (SSSR count). The summed E-state index contributed by atoms with van der Waals surface area (Å²) in [6.45, 7) is 2.21. The van der Waals surface area contributed by atoms with E-state index < -0.39 is 0 Å². The number of hydrogen-bond acceptors (Lipinski definition) is 2. The van der Waals surface area contributed by atoms with Crippen molar-refractivity contribution in [2.24, 2.45) is 0 Å². The summed E-state index contributed by atoms with van der Waals surface area (Å²) in [5, 5.41) is 10.9. The third kappa shape index (κ3) is 3.70. The first-order valence-corrected chi connectivity index (χ1v) is 5.24. The summed E-state index contributed by atoms with van der Waals surface area (Å²) >= 11 is 0. The molecule has 17 heavy (non-hydrogen) atoms. The van der Waals surface area contributed by atoms with E-state index in [1.54, 1.807) is 6.54 Å². The van der Waals surface area contributed by atoms with Gasteiger partial charge in [-0.1, -0.05) is 42.9 Å². The summed E-state index contributed by atoms with van der Waals surface area (Å²) in [6, 6.07) is 19.6. The number of nitrogens with zero attached hydrogens (tertiary/aromatic N) is 1. The van der Waals surface area contributed by atoms with Crippen molar-refractivity contribution in [3.05, 3.63) is 78.3 Å². The standard InChI is InChI=1S/C14H14NO.Rf/c16-15(11-13-7-3-1-4-8-13)12-14-9-5-2-6-10-14;/h1-11,16H,12H2;/q-1;. The monoisotopic (exact) mass is 479 g/mol. The van der Waals surface area contributed by atoms with Crippen LogP contribution >= 0.6 is 0 Å². The van der Waals surface area contributed by atoms with Gasteiger partial charge in [0.1, 0.15) is 0 Å². The molecule has 0 aliphatic carbocycles. The van der Waals surface area contributed by atoms with Crippen molar-refractivity contribution in [1.82, 2.24) is 5.06 Å². The smallest absolute Gasteiger partial charge is 0.0407 e. The summed E-state index contributed by atoms with van der Waals surface area (Å²) in [6.07, 6.45) is 0. The zero-order valence-electron chi connectivity index (χ0n) is 9.66. The van der Waals surface area contributed by atoms with Crippen LogP contribution in [0.1, 0.15) is 11.1 Å². The van der Waals surface area contributed by atoms with E-state index in [9.17, 15) is 5.21 Å². The molecule has 0 aromatic heterocycles. The van der Waals surface area contributed by atoms with Crippen LogP contribution in [0, 0.1) is 6.54 Å². The van der Waals surface area contributed by atoms with Crippen molar-refractivity contribution in [1.29, 1.82) is 0 Å². The number of benzene rings is 2. The summed E-state index contributed by atoms with van der Waals surface area (Å²) in [5.74, 6) is 0. The van der Waals surface area contributed by atoms with Gasteiger partial charge in [0.25, 0.3) is 0 Å². The molecule has 84 valence electrons. The molecule has 3 heteroatoms. The Hall–Kier alpha value is -2.77. The second kappa shape index (κ2) is 5.95. The maximum absolute atomic E-state index is 9.73. The molecule has 0 heterocycles. The first-order chi connectivity index (χ1) is 7.84. The number of hydrogen-bond donors (Lipinski definition) is 1. The predicted molar refractivity (Wildman–Crippen MR) is 63.6 cm³/mol. The minimum absolute atomic E-state index is 0. The Morgan fingerprint density at radius 1 is 0.882 bits per heavy atom. The van der Waals surface area contributed by atoms with Crippen molar-refractivity contribution in [2.75, 3.05) is 0 Å². The van der Waals surface area contributed by atoms with Crippen LogP contribution < -0.4 is 0 Å². The van der Waals surface area contributed by atoms with Crippen LogP contribution in [0.5, 0.6) is 0 Å². The molecule has 0 spiro atoms. The van der Waals surface area contributed by atoms with Gasteiger partial charge in [-0.05, 0) is 5.56 Å². The van der Waals surface area contributed by atoms with Crippen LogP contribution in [0.25, 0.3) is 0 Å². The van der Waals surface area contributed by atoms with Crippen LogP contribution in [-0.2, 0) is 6.54 Å². The SMILES string of the molecule is ON([CH-]c1ccccc1)Cc1ccccc1.[Rf]. The molecule has 0 saturated carbocycles. The Morgan fingerprint density at radius 3 is 2.00 bits per heavy atom. The minimum atomic E-state index is 0. The Bertz CT molecular complexity index is 377. The van der Waals surface area contributed by atoms with Crippen molar-refractivity contribution in [2.45, 2.75) is 6.54 Å². The number of hydroxylamine groups is 2. The second-order valence-electron chi connectivity index (χ2n) is 3.62. The van der Waals surface area contributed by atoms with Gasteiger partial charge in [0.2, 0.25) is 0 Å². The molecule has 0 aliphatic rings. The molecule has 0 saturated heterocycles. The quantitative estimate of drug-likeness (QED) is 0.539. The molecular formula is C14H14NORf-.